The van der Waals surface area contributed by atoms with Gasteiger partial charge in [-0.15, -0.1) is 0 Å². The number of amides is 1. The summed E-state index contributed by atoms with van der Waals surface area (Å²) in [5, 5.41) is 9.25. The molecule has 0 bridgehead atoms. The number of methoxy groups -OCH3 is 1. The van der Waals surface area contributed by atoms with Gasteiger partial charge in [-0.2, -0.15) is 0 Å². The van der Waals surface area contributed by atoms with E-state index in [1.165, 1.54) is 0 Å². The Morgan fingerprint density at radius 3 is 2.68 bits per heavy atom. The number of carbonyl (C=O) groups excluding carboxylic acids is 2. The lowest BCUT2D eigenvalue weighted by Gasteiger charge is -2.27. The van der Waals surface area contributed by atoms with Crippen molar-refractivity contribution >= 4 is 29.3 Å². The van der Waals surface area contributed by atoms with Crippen LogP contribution in [-0.4, -0.2) is 53.9 Å². The molecule has 1 aliphatic rings. The fraction of sp³-hybridized carbons (Fsp3) is 0.500. The van der Waals surface area contributed by atoms with Crippen molar-refractivity contribution in [1.29, 1.82) is 0 Å². The molecular formula is C24H33N5O5. The van der Waals surface area contributed by atoms with Gasteiger partial charge in [0.05, 0.1) is 37.5 Å². The van der Waals surface area contributed by atoms with Crippen LogP contribution in [0.25, 0.3) is 0 Å². The number of esters is 1. The van der Waals surface area contributed by atoms with Crippen molar-refractivity contribution in [2.24, 2.45) is 0 Å². The quantitative estimate of drug-likeness (QED) is 0.496. The number of rotatable bonds is 8. The normalized spacial score (nSPS) is 15.0. The number of fused-ring (bicyclic) bond motifs is 1. The third-order valence-electron chi connectivity index (χ3n) is 5.07. The van der Waals surface area contributed by atoms with Crippen LogP contribution in [-0.2, 0) is 27.1 Å². The molecule has 1 unspecified atom stereocenters. The number of nitrogens with one attached hydrogen (secondary N) is 3. The van der Waals surface area contributed by atoms with E-state index in [-0.39, 0.29) is 18.6 Å². The fourth-order valence-corrected chi connectivity index (χ4v) is 3.59. The predicted octanol–water partition coefficient (Wildman–Crippen LogP) is 3.59. The number of aryl methyl sites for hydroxylation is 1. The molecule has 34 heavy (non-hydrogen) atoms. The van der Waals surface area contributed by atoms with Crippen LogP contribution in [0.4, 0.5) is 22.0 Å². The number of ether oxygens (including phenoxy) is 3. The highest BCUT2D eigenvalue weighted by Crippen LogP contribution is 2.29. The highest BCUT2D eigenvalue weighted by Gasteiger charge is 2.24. The SMILES string of the molecule is CCOC(=O)CNc1ncc(OC)cc1Nc1cnc2c(c1)CCC(NC(=O)OC(C)(C)C)C2. The lowest BCUT2D eigenvalue weighted by Crippen LogP contribution is -2.42. The Morgan fingerprint density at radius 1 is 1.18 bits per heavy atom. The van der Waals surface area contributed by atoms with Crippen LogP contribution >= 0.6 is 0 Å². The van der Waals surface area contributed by atoms with E-state index in [2.05, 4.69) is 25.9 Å². The Labute approximate surface area is 199 Å². The molecular weight excluding hydrogens is 438 g/mol. The number of anilines is 3. The lowest BCUT2D eigenvalue weighted by molar-refractivity contribution is -0.140. The smallest absolute Gasteiger partial charge is 0.407 e. The first kappa shape index (κ1) is 25.1. The number of pyridine rings is 2. The van der Waals surface area contributed by atoms with E-state index < -0.39 is 11.7 Å². The molecule has 0 saturated carbocycles. The molecule has 0 saturated heterocycles. The third-order valence-corrected chi connectivity index (χ3v) is 5.07. The molecule has 1 aliphatic carbocycles. The zero-order valence-electron chi connectivity index (χ0n) is 20.4. The zero-order valence-corrected chi connectivity index (χ0v) is 20.4. The van der Waals surface area contributed by atoms with Gasteiger partial charge in [0.1, 0.15) is 17.9 Å². The first-order chi connectivity index (χ1) is 16.2. The van der Waals surface area contributed by atoms with Gasteiger partial charge in [-0.1, -0.05) is 0 Å². The van der Waals surface area contributed by atoms with E-state index in [0.29, 0.717) is 30.3 Å². The van der Waals surface area contributed by atoms with Crippen molar-refractivity contribution in [3.63, 3.8) is 0 Å². The molecule has 0 radical (unpaired) electrons. The van der Waals surface area contributed by atoms with Crippen molar-refractivity contribution in [3.05, 3.63) is 35.8 Å². The number of hydrogen-bond acceptors (Lipinski definition) is 9. The summed E-state index contributed by atoms with van der Waals surface area (Å²) >= 11 is 0. The van der Waals surface area contributed by atoms with Crippen LogP contribution in [0.15, 0.2) is 24.5 Å². The molecule has 0 aliphatic heterocycles. The maximum atomic E-state index is 12.1. The molecule has 1 amide bonds. The third kappa shape index (κ3) is 7.23. The minimum atomic E-state index is -0.533. The van der Waals surface area contributed by atoms with Gasteiger partial charge < -0.3 is 30.2 Å². The van der Waals surface area contributed by atoms with Gasteiger partial charge in [0.25, 0.3) is 0 Å². The highest BCUT2D eigenvalue weighted by molar-refractivity contribution is 5.78. The summed E-state index contributed by atoms with van der Waals surface area (Å²) in [7, 11) is 1.56. The molecule has 3 N–H and O–H groups in total. The van der Waals surface area contributed by atoms with E-state index in [1.54, 1.807) is 32.5 Å². The number of alkyl carbamates (subject to hydrolysis) is 1. The van der Waals surface area contributed by atoms with Gasteiger partial charge in [-0.05, 0) is 52.2 Å². The van der Waals surface area contributed by atoms with E-state index in [0.717, 1.165) is 29.8 Å². The van der Waals surface area contributed by atoms with Gasteiger partial charge in [-0.25, -0.2) is 9.78 Å². The Balaban J connectivity index is 1.68. The molecule has 2 aromatic heterocycles. The topological polar surface area (TPSA) is 124 Å². The molecule has 184 valence electrons. The molecule has 10 heteroatoms. The first-order valence-corrected chi connectivity index (χ1v) is 11.3. The van der Waals surface area contributed by atoms with E-state index in [4.69, 9.17) is 14.2 Å². The lowest BCUT2D eigenvalue weighted by atomic mass is 9.92. The van der Waals surface area contributed by atoms with Gasteiger partial charge in [0.15, 0.2) is 5.82 Å². The molecule has 2 heterocycles. The molecule has 3 rings (SSSR count). The average Bonchev–Trinajstić information content (AvgIpc) is 2.77. The minimum Gasteiger partial charge on any atom is -0.495 e. The summed E-state index contributed by atoms with van der Waals surface area (Å²) in [4.78, 5) is 32.8. The summed E-state index contributed by atoms with van der Waals surface area (Å²) in [6.07, 6.45) is 5.12. The Kier molecular flexibility index (Phi) is 8.14. The molecule has 2 aromatic rings. The van der Waals surface area contributed by atoms with E-state index >= 15 is 0 Å². The standard InChI is InChI=1S/C24H33N5O5/c1-6-33-21(30)14-27-22-20(11-18(32-5)13-26-22)28-17-9-15-7-8-16(10-19(15)25-12-17)29-23(31)34-24(2,3)4/h9,11-13,16,28H,6-8,10,14H2,1-5H3,(H,26,27)(H,29,31). The number of hydrogen-bond donors (Lipinski definition) is 3. The van der Waals surface area contributed by atoms with Crippen LogP contribution in [0.1, 0.15) is 45.4 Å². The highest BCUT2D eigenvalue weighted by atomic mass is 16.6. The van der Waals surface area contributed by atoms with Crippen molar-refractivity contribution in [1.82, 2.24) is 15.3 Å². The van der Waals surface area contributed by atoms with Crippen LogP contribution in [0.2, 0.25) is 0 Å². The van der Waals surface area contributed by atoms with Gasteiger partial charge >= 0.3 is 12.1 Å². The number of nitrogens with zero attached hydrogens (tertiary/aromatic N) is 2. The zero-order chi connectivity index (χ0) is 24.7. The van der Waals surface area contributed by atoms with E-state index in [1.807, 2.05) is 26.8 Å². The Hall–Kier alpha value is -3.56. The second-order valence-electron chi connectivity index (χ2n) is 8.97. The van der Waals surface area contributed by atoms with Gasteiger partial charge in [0, 0.05) is 24.2 Å². The van der Waals surface area contributed by atoms with Crippen molar-refractivity contribution in [2.75, 3.05) is 30.9 Å². The second-order valence-corrected chi connectivity index (χ2v) is 8.97. The fourth-order valence-electron chi connectivity index (χ4n) is 3.59. The molecule has 10 nitrogen and oxygen atoms in total. The van der Waals surface area contributed by atoms with Crippen molar-refractivity contribution in [2.45, 2.75) is 58.6 Å². The Bertz CT molecular complexity index is 1020. The number of carbonyl (C=O) groups is 2. The summed E-state index contributed by atoms with van der Waals surface area (Å²) in [5.74, 6) is 0.704. The summed E-state index contributed by atoms with van der Waals surface area (Å²) in [6, 6.07) is 3.82. The molecule has 1 atom stereocenters. The largest absolute Gasteiger partial charge is 0.495 e. The maximum Gasteiger partial charge on any atom is 0.407 e. The molecule has 0 aromatic carbocycles. The number of aromatic nitrogens is 2. The summed E-state index contributed by atoms with van der Waals surface area (Å²) < 4.78 is 15.6. The Morgan fingerprint density at radius 2 is 1.97 bits per heavy atom. The van der Waals surface area contributed by atoms with Crippen LogP contribution in [0.3, 0.4) is 0 Å². The van der Waals surface area contributed by atoms with Crippen molar-refractivity contribution < 1.29 is 23.8 Å². The van der Waals surface area contributed by atoms with Crippen molar-refractivity contribution in [3.8, 4) is 5.75 Å². The van der Waals surface area contributed by atoms with Crippen LogP contribution < -0.4 is 20.7 Å². The van der Waals surface area contributed by atoms with Gasteiger partial charge in [-0.3, -0.25) is 9.78 Å². The molecule has 0 fully saturated rings. The maximum absolute atomic E-state index is 12.1. The molecule has 0 spiro atoms. The van der Waals surface area contributed by atoms with Crippen LogP contribution in [0.5, 0.6) is 5.75 Å². The average molecular weight is 472 g/mol. The van der Waals surface area contributed by atoms with E-state index in [9.17, 15) is 9.59 Å². The monoisotopic (exact) mass is 471 g/mol. The first-order valence-electron chi connectivity index (χ1n) is 11.3. The van der Waals surface area contributed by atoms with Gasteiger partial charge in [0.2, 0.25) is 0 Å². The second kappa shape index (κ2) is 11.0. The van der Waals surface area contributed by atoms with Crippen LogP contribution in [0, 0.1) is 0 Å². The predicted molar refractivity (Wildman–Crippen MR) is 129 cm³/mol. The minimum absolute atomic E-state index is 0.00365. The summed E-state index contributed by atoms with van der Waals surface area (Å²) in [5.41, 5.74) is 2.96. The summed E-state index contributed by atoms with van der Waals surface area (Å²) in [6.45, 7) is 7.60.